The van der Waals surface area contributed by atoms with Crippen molar-refractivity contribution in [1.82, 2.24) is 4.72 Å². The lowest BCUT2D eigenvalue weighted by atomic mass is 10.0. The third kappa shape index (κ3) is 5.45. The molecule has 2 N–H and O–H groups in total. The first-order valence-electron chi connectivity index (χ1n) is 9.51. The van der Waals surface area contributed by atoms with Gasteiger partial charge in [0, 0.05) is 11.1 Å². The van der Waals surface area contributed by atoms with Crippen LogP contribution in [0.5, 0.6) is 0 Å². The molecule has 0 bridgehead atoms. The van der Waals surface area contributed by atoms with Crippen LogP contribution in [0.25, 0.3) is 0 Å². The average Bonchev–Trinajstić information content (AvgIpc) is 2.83. The summed E-state index contributed by atoms with van der Waals surface area (Å²) in [5.74, 6) is -1.77. The first-order chi connectivity index (χ1) is 15.3. The van der Waals surface area contributed by atoms with Crippen molar-refractivity contribution in [2.24, 2.45) is 0 Å². The molecule has 0 heterocycles. The van der Waals surface area contributed by atoms with Gasteiger partial charge in [0.25, 0.3) is 5.91 Å². The number of benzene rings is 3. The van der Waals surface area contributed by atoms with Gasteiger partial charge in [-0.05, 0) is 37.4 Å². The van der Waals surface area contributed by atoms with Crippen molar-refractivity contribution in [3.8, 4) is 0 Å². The number of hydrogen-bond donors (Lipinski definition) is 2. The van der Waals surface area contributed by atoms with Gasteiger partial charge in [-0.15, -0.1) is 0 Å². The molecule has 0 saturated carbocycles. The Hall–Kier alpha value is -3.82. The summed E-state index contributed by atoms with van der Waals surface area (Å²) in [6.45, 7) is -0.615. The van der Waals surface area contributed by atoms with Crippen LogP contribution in [0.15, 0.2) is 83.8 Å². The first kappa shape index (κ1) is 22.9. The zero-order valence-electron chi connectivity index (χ0n) is 17.1. The monoisotopic (exact) mass is 452 g/mol. The fourth-order valence-electron chi connectivity index (χ4n) is 2.84. The Morgan fingerprint density at radius 1 is 0.844 bits per heavy atom. The minimum atomic E-state index is -3.73. The number of nitrogens with one attached hydrogen (secondary N) is 2. The molecule has 3 rings (SSSR count). The van der Waals surface area contributed by atoms with E-state index in [9.17, 15) is 22.8 Å². The van der Waals surface area contributed by atoms with Crippen LogP contribution in [0, 0.1) is 0 Å². The minimum absolute atomic E-state index is 0.0196. The van der Waals surface area contributed by atoms with E-state index in [0.717, 1.165) is 6.07 Å². The van der Waals surface area contributed by atoms with E-state index in [1.165, 1.54) is 25.2 Å². The van der Waals surface area contributed by atoms with E-state index in [0.29, 0.717) is 11.1 Å². The van der Waals surface area contributed by atoms with Gasteiger partial charge >= 0.3 is 5.97 Å². The van der Waals surface area contributed by atoms with Crippen LogP contribution in [-0.4, -0.2) is 39.7 Å². The van der Waals surface area contributed by atoms with Gasteiger partial charge < -0.3 is 10.1 Å². The Kier molecular flexibility index (Phi) is 7.14. The summed E-state index contributed by atoms with van der Waals surface area (Å²) in [6.07, 6.45) is 0. The second-order valence-electron chi connectivity index (χ2n) is 6.60. The SMILES string of the molecule is CNS(=O)(=O)c1cccc(C(=O)OCC(=O)Nc2ccccc2C(=O)c2ccccc2)c1. The van der Waals surface area contributed by atoms with Crippen molar-refractivity contribution in [2.75, 3.05) is 19.0 Å². The molecule has 3 aromatic carbocycles. The van der Waals surface area contributed by atoms with Gasteiger partial charge in [-0.3, -0.25) is 9.59 Å². The highest BCUT2D eigenvalue weighted by atomic mass is 32.2. The maximum absolute atomic E-state index is 12.7. The lowest BCUT2D eigenvalue weighted by Gasteiger charge is -2.11. The Morgan fingerprint density at radius 2 is 1.50 bits per heavy atom. The lowest BCUT2D eigenvalue weighted by molar-refractivity contribution is -0.119. The highest BCUT2D eigenvalue weighted by Crippen LogP contribution is 2.19. The third-order valence-electron chi connectivity index (χ3n) is 4.46. The average molecular weight is 452 g/mol. The summed E-state index contributed by atoms with van der Waals surface area (Å²) in [5.41, 5.74) is 1.03. The zero-order valence-corrected chi connectivity index (χ0v) is 17.9. The van der Waals surface area contributed by atoms with Crippen LogP contribution >= 0.6 is 0 Å². The number of hydrogen-bond acceptors (Lipinski definition) is 6. The van der Waals surface area contributed by atoms with Crippen molar-refractivity contribution in [2.45, 2.75) is 4.90 Å². The van der Waals surface area contributed by atoms with Gasteiger partial charge in [-0.1, -0.05) is 48.5 Å². The van der Waals surface area contributed by atoms with Gasteiger partial charge in [0.15, 0.2) is 12.4 Å². The minimum Gasteiger partial charge on any atom is -0.452 e. The second-order valence-corrected chi connectivity index (χ2v) is 8.49. The van der Waals surface area contributed by atoms with Crippen LogP contribution in [0.4, 0.5) is 5.69 Å². The molecule has 8 nitrogen and oxygen atoms in total. The van der Waals surface area contributed by atoms with Crippen molar-refractivity contribution in [3.63, 3.8) is 0 Å². The number of esters is 1. The van der Waals surface area contributed by atoms with Crippen LogP contribution in [0.3, 0.4) is 0 Å². The standard InChI is InChI=1S/C23H20N2O6S/c1-24-32(29,30)18-11-7-10-17(14-18)23(28)31-15-21(26)25-20-13-6-5-12-19(20)22(27)16-8-3-2-4-9-16/h2-14,24H,15H2,1H3,(H,25,26). The van der Waals surface area contributed by atoms with E-state index in [4.69, 9.17) is 4.74 Å². The largest absolute Gasteiger partial charge is 0.452 e. The van der Waals surface area contributed by atoms with Gasteiger partial charge in [-0.2, -0.15) is 0 Å². The van der Waals surface area contributed by atoms with E-state index in [-0.39, 0.29) is 21.9 Å². The summed E-state index contributed by atoms with van der Waals surface area (Å²) in [6, 6.07) is 20.4. The number of ether oxygens (including phenoxy) is 1. The molecular formula is C23H20N2O6S. The Bertz CT molecular complexity index is 1260. The second kappa shape index (κ2) is 9.99. The smallest absolute Gasteiger partial charge is 0.338 e. The molecule has 0 aliphatic rings. The molecule has 0 saturated heterocycles. The number of anilines is 1. The normalized spacial score (nSPS) is 10.9. The van der Waals surface area contributed by atoms with E-state index in [1.807, 2.05) is 0 Å². The zero-order chi connectivity index (χ0) is 23.1. The van der Waals surface area contributed by atoms with Gasteiger partial charge in [0.2, 0.25) is 10.0 Å². The van der Waals surface area contributed by atoms with E-state index in [1.54, 1.807) is 54.6 Å². The summed E-state index contributed by atoms with van der Waals surface area (Å²) in [5, 5.41) is 2.57. The fraction of sp³-hybridized carbons (Fsp3) is 0.0870. The molecule has 32 heavy (non-hydrogen) atoms. The van der Waals surface area contributed by atoms with E-state index < -0.39 is 28.5 Å². The predicted octanol–water partition coefficient (Wildman–Crippen LogP) is 2.62. The van der Waals surface area contributed by atoms with Crippen molar-refractivity contribution in [3.05, 3.63) is 95.6 Å². The Labute approximate surface area is 185 Å². The fourth-order valence-corrected chi connectivity index (χ4v) is 3.62. The molecule has 0 spiro atoms. The van der Waals surface area contributed by atoms with Crippen LogP contribution < -0.4 is 10.0 Å². The summed E-state index contributed by atoms with van der Waals surface area (Å²) >= 11 is 0. The predicted molar refractivity (Wildman–Crippen MR) is 118 cm³/mol. The maximum atomic E-state index is 12.7. The van der Waals surface area contributed by atoms with Crippen LogP contribution in [0.2, 0.25) is 0 Å². The van der Waals surface area contributed by atoms with Gasteiger partial charge in [0.1, 0.15) is 0 Å². The number of para-hydroxylation sites is 1. The molecule has 0 aliphatic heterocycles. The van der Waals surface area contributed by atoms with Crippen molar-refractivity contribution < 1.29 is 27.5 Å². The molecule has 164 valence electrons. The maximum Gasteiger partial charge on any atom is 0.338 e. The number of amides is 1. The molecule has 0 unspecified atom stereocenters. The molecule has 3 aromatic rings. The van der Waals surface area contributed by atoms with E-state index >= 15 is 0 Å². The van der Waals surface area contributed by atoms with Gasteiger partial charge in [0.05, 0.1) is 16.1 Å². The molecule has 1 amide bonds. The topological polar surface area (TPSA) is 119 Å². The van der Waals surface area contributed by atoms with Crippen LogP contribution in [-0.2, 0) is 19.6 Å². The molecule has 0 atom stereocenters. The number of rotatable bonds is 8. The number of sulfonamides is 1. The molecule has 0 radical (unpaired) electrons. The third-order valence-corrected chi connectivity index (χ3v) is 5.88. The van der Waals surface area contributed by atoms with Crippen LogP contribution in [0.1, 0.15) is 26.3 Å². The molecule has 0 fully saturated rings. The highest BCUT2D eigenvalue weighted by molar-refractivity contribution is 7.89. The molecule has 0 aromatic heterocycles. The highest BCUT2D eigenvalue weighted by Gasteiger charge is 2.18. The van der Waals surface area contributed by atoms with Gasteiger partial charge in [-0.25, -0.2) is 17.9 Å². The van der Waals surface area contributed by atoms with Crippen molar-refractivity contribution >= 4 is 33.4 Å². The molecule has 9 heteroatoms. The molecular weight excluding hydrogens is 432 g/mol. The number of carbonyl (C=O) groups is 3. The quantitative estimate of drug-likeness (QED) is 0.401. The number of carbonyl (C=O) groups excluding carboxylic acids is 3. The summed E-state index contributed by atoms with van der Waals surface area (Å²) < 4.78 is 30.9. The van der Waals surface area contributed by atoms with Crippen molar-refractivity contribution in [1.29, 1.82) is 0 Å². The summed E-state index contributed by atoms with van der Waals surface area (Å²) in [7, 11) is -2.48. The Balaban J connectivity index is 1.67. The Morgan fingerprint density at radius 3 is 2.22 bits per heavy atom. The first-order valence-corrected chi connectivity index (χ1v) is 11.0. The van der Waals surface area contributed by atoms with E-state index in [2.05, 4.69) is 10.0 Å². The molecule has 0 aliphatic carbocycles. The lowest BCUT2D eigenvalue weighted by Crippen LogP contribution is -2.22. The number of ketones is 1. The summed E-state index contributed by atoms with van der Waals surface area (Å²) in [4.78, 5) is 37.2.